The summed E-state index contributed by atoms with van der Waals surface area (Å²) in [5.74, 6) is -2.30. The maximum Gasteiger partial charge on any atom is 0.253 e. The molecule has 2 aromatic carbocycles. The highest BCUT2D eigenvalue weighted by Gasteiger charge is 2.27. The van der Waals surface area contributed by atoms with Crippen LogP contribution in [0, 0.1) is 11.6 Å². The van der Waals surface area contributed by atoms with Crippen LogP contribution in [-0.2, 0) is 6.42 Å². The molecule has 0 saturated carbocycles. The molecule has 0 bridgehead atoms. The van der Waals surface area contributed by atoms with Crippen LogP contribution in [-0.4, -0.2) is 16.4 Å². The molecule has 0 aliphatic rings. The van der Waals surface area contributed by atoms with Crippen molar-refractivity contribution in [2.75, 3.05) is 0 Å². The Morgan fingerprint density at radius 3 is 2.57 bits per heavy atom. The number of halogens is 2. The average molecular weight is 380 g/mol. The maximum absolute atomic E-state index is 13.8. The van der Waals surface area contributed by atoms with Gasteiger partial charge in [-0.05, 0) is 50.5 Å². The molecule has 1 atom stereocenters. The summed E-state index contributed by atoms with van der Waals surface area (Å²) in [6.07, 6.45) is 2.51. The molecule has 0 saturated heterocycles. The Hall–Kier alpha value is -3.08. The van der Waals surface area contributed by atoms with Gasteiger partial charge in [-0.1, -0.05) is 35.9 Å². The van der Waals surface area contributed by atoms with Crippen molar-refractivity contribution in [3.63, 3.8) is 0 Å². The van der Waals surface area contributed by atoms with E-state index in [2.05, 4.69) is 16.9 Å². The zero-order valence-electron chi connectivity index (χ0n) is 15.9. The van der Waals surface area contributed by atoms with Crippen LogP contribution < -0.4 is 5.32 Å². The zero-order valence-corrected chi connectivity index (χ0v) is 15.9. The van der Waals surface area contributed by atoms with Crippen LogP contribution in [0.5, 0.6) is 0 Å². The monoisotopic (exact) mass is 380 g/mol. The van der Waals surface area contributed by atoms with E-state index in [9.17, 15) is 13.6 Å². The third kappa shape index (κ3) is 4.42. The molecule has 1 amide bonds. The van der Waals surface area contributed by atoms with Gasteiger partial charge >= 0.3 is 0 Å². The number of aromatic nitrogens is 1. The number of carbonyl (C=O) groups is 1. The highest BCUT2D eigenvalue weighted by molar-refractivity contribution is 5.97. The number of pyridine rings is 1. The molecule has 3 nitrogen and oxygen atoms in total. The van der Waals surface area contributed by atoms with Crippen molar-refractivity contribution >= 4 is 16.8 Å². The molecule has 0 aliphatic carbocycles. The minimum Gasteiger partial charge on any atom is -0.346 e. The van der Waals surface area contributed by atoms with Crippen molar-refractivity contribution in [2.45, 2.75) is 32.2 Å². The SMILES string of the molecule is C=C(C)C[C@](C)(Cc1ccccc1)NC(=O)c1cnc2c(F)c(F)ccc2c1. The van der Waals surface area contributed by atoms with Crippen molar-refractivity contribution in [1.82, 2.24) is 10.3 Å². The van der Waals surface area contributed by atoms with Crippen molar-refractivity contribution in [1.29, 1.82) is 0 Å². The number of amides is 1. The Bertz CT molecular complexity index is 1030. The lowest BCUT2D eigenvalue weighted by atomic mass is 9.86. The maximum atomic E-state index is 13.8. The van der Waals surface area contributed by atoms with Crippen LogP contribution in [0.3, 0.4) is 0 Å². The first kappa shape index (κ1) is 19.7. The number of carbonyl (C=O) groups excluding carboxylic acids is 1. The van der Waals surface area contributed by atoms with Gasteiger partial charge in [0.05, 0.1) is 5.56 Å². The van der Waals surface area contributed by atoms with Crippen molar-refractivity contribution in [3.8, 4) is 0 Å². The zero-order chi connectivity index (χ0) is 20.3. The van der Waals surface area contributed by atoms with E-state index in [0.717, 1.165) is 17.2 Å². The lowest BCUT2D eigenvalue weighted by Gasteiger charge is -2.31. The molecule has 3 rings (SSSR count). The van der Waals surface area contributed by atoms with E-state index in [-0.39, 0.29) is 11.4 Å². The van der Waals surface area contributed by atoms with Crippen molar-refractivity contribution in [2.24, 2.45) is 0 Å². The summed E-state index contributed by atoms with van der Waals surface area (Å²) in [5.41, 5.74) is 1.70. The third-order valence-corrected chi connectivity index (χ3v) is 4.55. The number of rotatable bonds is 6. The fraction of sp³-hybridized carbons (Fsp3) is 0.217. The molecule has 0 spiro atoms. The minimum atomic E-state index is -1.01. The smallest absolute Gasteiger partial charge is 0.253 e. The first-order valence-electron chi connectivity index (χ1n) is 9.02. The first-order valence-corrected chi connectivity index (χ1v) is 9.02. The summed E-state index contributed by atoms with van der Waals surface area (Å²) in [4.78, 5) is 16.8. The van der Waals surface area contributed by atoms with Crippen LogP contribution in [0.4, 0.5) is 8.78 Å². The summed E-state index contributed by atoms with van der Waals surface area (Å²) in [5, 5.41) is 3.44. The third-order valence-electron chi connectivity index (χ3n) is 4.55. The van der Waals surface area contributed by atoms with E-state index in [0.29, 0.717) is 23.8 Å². The van der Waals surface area contributed by atoms with E-state index in [1.165, 1.54) is 18.3 Å². The molecule has 1 heterocycles. The Morgan fingerprint density at radius 2 is 1.89 bits per heavy atom. The molecular weight excluding hydrogens is 358 g/mol. The lowest BCUT2D eigenvalue weighted by molar-refractivity contribution is 0.0905. The lowest BCUT2D eigenvalue weighted by Crippen LogP contribution is -2.48. The Morgan fingerprint density at radius 1 is 1.18 bits per heavy atom. The number of hydrogen-bond donors (Lipinski definition) is 1. The Labute approximate surface area is 163 Å². The minimum absolute atomic E-state index is 0.0921. The second-order valence-electron chi connectivity index (χ2n) is 7.47. The van der Waals surface area contributed by atoms with Crippen LogP contribution in [0.25, 0.3) is 10.9 Å². The molecule has 0 unspecified atom stereocenters. The van der Waals surface area contributed by atoms with Gasteiger partial charge in [0.15, 0.2) is 11.6 Å². The summed E-state index contributed by atoms with van der Waals surface area (Å²) in [6, 6.07) is 13.8. The second kappa shape index (κ2) is 7.89. The predicted octanol–water partition coefficient (Wildman–Crippen LogP) is 5.21. The van der Waals surface area contributed by atoms with Gasteiger partial charge < -0.3 is 5.32 Å². The van der Waals surface area contributed by atoms with E-state index < -0.39 is 17.2 Å². The number of nitrogens with zero attached hydrogens (tertiary/aromatic N) is 1. The van der Waals surface area contributed by atoms with Crippen molar-refractivity contribution < 1.29 is 13.6 Å². The van der Waals surface area contributed by atoms with Gasteiger partial charge in [0.1, 0.15) is 5.52 Å². The molecule has 144 valence electrons. The number of fused-ring (bicyclic) bond motifs is 1. The summed E-state index contributed by atoms with van der Waals surface area (Å²) in [6.45, 7) is 7.87. The molecule has 1 N–H and O–H groups in total. The van der Waals surface area contributed by atoms with Gasteiger partial charge in [0.2, 0.25) is 0 Å². The van der Waals surface area contributed by atoms with E-state index in [1.54, 1.807) is 0 Å². The quantitative estimate of drug-likeness (QED) is 0.597. The van der Waals surface area contributed by atoms with Gasteiger partial charge in [-0.3, -0.25) is 9.78 Å². The van der Waals surface area contributed by atoms with Gasteiger partial charge in [-0.15, -0.1) is 6.58 Å². The standard InChI is InChI=1S/C23H22F2N2O/c1-15(2)12-23(3,13-16-7-5-4-6-8-16)27-22(28)18-11-17-9-10-19(24)20(25)21(17)26-14-18/h4-11,14H,1,12-13H2,2-3H3,(H,27,28)/t23-/m1/s1. The van der Waals surface area contributed by atoms with Gasteiger partial charge in [0, 0.05) is 17.1 Å². The summed E-state index contributed by atoms with van der Waals surface area (Å²) in [7, 11) is 0. The van der Waals surface area contributed by atoms with Gasteiger partial charge in [-0.2, -0.15) is 0 Å². The van der Waals surface area contributed by atoms with Crippen LogP contribution in [0.15, 0.2) is 66.9 Å². The van der Waals surface area contributed by atoms with Crippen LogP contribution in [0.2, 0.25) is 0 Å². The topological polar surface area (TPSA) is 42.0 Å². The van der Waals surface area contributed by atoms with E-state index in [4.69, 9.17) is 0 Å². The number of benzene rings is 2. The first-order chi connectivity index (χ1) is 13.3. The van der Waals surface area contributed by atoms with E-state index in [1.807, 2.05) is 44.2 Å². The highest BCUT2D eigenvalue weighted by atomic mass is 19.2. The predicted molar refractivity (Wildman–Crippen MR) is 107 cm³/mol. The normalized spacial score (nSPS) is 13.1. The second-order valence-corrected chi connectivity index (χ2v) is 7.47. The van der Waals surface area contributed by atoms with Gasteiger partial charge in [-0.25, -0.2) is 8.78 Å². The van der Waals surface area contributed by atoms with Gasteiger partial charge in [0.25, 0.3) is 5.91 Å². The number of hydrogen-bond acceptors (Lipinski definition) is 2. The molecule has 0 radical (unpaired) electrons. The Kier molecular flexibility index (Phi) is 5.54. The van der Waals surface area contributed by atoms with E-state index >= 15 is 0 Å². The molecule has 28 heavy (non-hydrogen) atoms. The van der Waals surface area contributed by atoms with Crippen LogP contribution in [0.1, 0.15) is 36.2 Å². The molecule has 3 aromatic rings. The Balaban J connectivity index is 1.88. The van der Waals surface area contributed by atoms with Crippen molar-refractivity contribution in [3.05, 3.63) is 89.6 Å². The molecule has 5 heteroatoms. The molecule has 0 fully saturated rings. The van der Waals surface area contributed by atoms with Crippen LogP contribution >= 0.6 is 0 Å². The summed E-state index contributed by atoms with van der Waals surface area (Å²) < 4.78 is 27.2. The molecular formula is C23H22F2N2O. The average Bonchev–Trinajstić information content (AvgIpc) is 2.64. The number of nitrogens with one attached hydrogen (secondary N) is 1. The highest BCUT2D eigenvalue weighted by Crippen LogP contribution is 2.23. The largest absolute Gasteiger partial charge is 0.346 e. The fourth-order valence-corrected chi connectivity index (χ4v) is 3.48. The molecule has 0 aliphatic heterocycles. The fourth-order valence-electron chi connectivity index (χ4n) is 3.48. The summed E-state index contributed by atoms with van der Waals surface area (Å²) >= 11 is 0. The molecule has 1 aromatic heterocycles.